The molecule has 2 aromatic rings. The van der Waals surface area contributed by atoms with Gasteiger partial charge in [0.1, 0.15) is 5.75 Å². The van der Waals surface area contributed by atoms with Crippen LogP contribution in [0.2, 0.25) is 0 Å². The first-order valence-electron chi connectivity index (χ1n) is 7.37. The predicted molar refractivity (Wildman–Crippen MR) is 89.0 cm³/mol. The third-order valence-corrected chi connectivity index (χ3v) is 3.27. The van der Waals surface area contributed by atoms with Gasteiger partial charge in [0.15, 0.2) is 0 Å². The Hall–Kier alpha value is -2.33. The van der Waals surface area contributed by atoms with Crippen molar-refractivity contribution in [2.24, 2.45) is 5.73 Å². The average molecular weight is 298 g/mol. The maximum Gasteiger partial charge on any atom is 0.227 e. The van der Waals surface area contributed by atoms with Crippen LogP contribution < -0.4 is 15.8 Å². The van der Waals surface area contributed by atoms with Crippen molar-refractivity contribution in [2.45, 2.75) is 26.8 Å². The van der Waals surface area contributed by atoms with E-state index in [-0.39, 0.29) is 5.91 Å². The van der Waals surface area contributed by atoms with Crippen LogP contribution in [0.5, 0.6) is 5.75 Å². The smallest absolute Gasteiger partial charge is 0.227 e. The lowest BCUT2D eigenvalue weighted by atomic mass is 10.1. The summed E-state index contributed by atoms with van der Waals surface area (Å²) in [6.45, 7) is 4.91. The molecule has 0 atom stereocenters. The number of carbonyl (C=O) groups is 1. The summed E-state index contributed by atoms with van der Waals surface area (Å²) >= 11 is 0. The highest BCUT2D eigenvalue weighted by molar-refractivity contribution is 5.90. The van der Waals surface area contributed by atoms with Crippen molar-refractivity contribution >= 4 is 11.6 Å². The van der Waals surface area contributed by atoms with Gasteiger partial charge in [-0.25, -0.2) is 0 Å². The molecule has 0 radical (unpaired) electrons. The van der Waals surface area contributed by atoms with Gasteiger partial charge in [0.2, 0.25) is 5.91 Å². The van der Waals surface area contributed by atoms with Crippen LogP contribution in [0.1, 0.15) is 23.1 Å². The Kier molecular flexibility index (Phi) is 5.55. The zero-order chi connectivity index (χ0) is 15.9. The SMILES string of the molecule is Cc1cc(C)cc(OCCC(=O)Nc2ccc(CN)cc2)c1. The van der Waals surface area contributed by atoms with Crippen LogP contribution in [0.15, 0.2) is 42.5 Å². The summed E-state index contributed by atoms with van der Waals surface area (Å²) in [7, 11) is 0. The number of hydrogen-bond donors (Lipinski definition) is 2. The fraction of sp³-hybridized carbons (Fsp3) is 0.278. The second-order valence-electron chi connectivity index (χ2n) is 5.37. The van der Waals surface area contributed by atoms with Gasteiger partial charge in [-0.15, -0.1) is 0 Å². The summed E-state index contributed by atoms with van der Waals surface area (Å²) in [6, 6.07) is 13.5. The number of aryl methyl sites for hydroxylation is 2. The minimum Gasteiger partial charge on any atom is -0.493 e. The number of rotatable bonds is 6. The predicted octanol–water partition coefficient (Wildman–Crippen LogP) is 3.17. The highest BCUT2D eigenvalue weighted by Crippen LogP contribution is 2.16. The maximum absolute atomic E-state index is 11.9. The minimum atomic E-state index is -0.0649. The molecule has 0 aliphatic carbocycles. The van der Waals surface area contributed by atoms with Crippen molar-refractivity contribution in [3.8, 4) is 5.75 Å². The van der Waals surface area contributed by atoms with Gasteiger partial charge in [-0.2, -0.15) is 0 Å². The van der Waals surface area contributed by atoms with Crippen molar-refractivity contribution in [1.29, 1.82) is 0 Å². The normalized spacial score (nSPS) is 10.3. The number of benzene rings is 2. The highest BCUT2D eigenvalue weighted by Gasteiger charge is 2.04. The molecule has 22 heavy (non-hydrogen) atoms. The second kappa shape index (κ2) is 7.61. The number of ether oxygens (including phenoxy) is 1. The summed E-state index contributed by atoms with van der Waals surface area (Å²) in [6.07, 6.45) is 0.311. The van der Waals surface area contributed by atoms with E-state index < -0.39 is 0 Å². The first-order chi connectivity index (χ1) is 10.6. The fourth-order valence-electron chi connectivity index (χ4n) is 2.23. The molecule has 0 saturated carbocycles. The molecule has 0 aliphatic heterocycles. The van der Waals surface area contributed by atoms with E-state index in [0.717, 1.165) is 28.1 Å². The molecule has 0 bridgehead atoms. The third kappa shape index (κ3) is 4.90. The van der Waals surface area contributed by atoms with E-state index in [1.165, 1.54) is 0 Å². The van der Waals surface area contributed by atoms with Crippen LogP contribution in [0, 0.1) is 13.8 Å². The lowest BCUT2D eigenvalue weighted by Gasteiger charge is -2.09. The van der Waals surface area contributed by atoms with Crippen LogP contribution in [0.25, 0.3) is 0 Å². The molecule has 0 unspecified atom stereocenters. The molecule has 0 saturated heterocycles. The Morgan fingerprint density at radius 3 is 2.32 bits per heavy atom. The lowest BCUT2D eigenvalue weighted by molar-refractivity contribution is -0.116. The number of carbonyl (C=O) groups excluding carboxylic acids is 1. The van der Waals surface area contributed by atoms with E-state index in [4.69, 9.17) is 10.5 Å². The van der Waals surface area contributed by atoms with Gasteiger partial charge in [-0.3, -0.25) is 4.79 Å². The molecule has 0 aliphatic rings. The number of hydrogen-bond acceptors (Lipinski definition) is 3. The molecule has 4 heteroatoms. The van der Waals surface area contributed by atoms with Gasteiger partial charge in [-0.05, 0) is 54.8 Å². The van der Waals surface area contributed by atoms with E-state index in [2.05, 4.69) is 11.4 Å². The van der Waals surface area contributed by atoms with Crippen LogP contribution >= 0.6 is 0 Å². The molecule has 3 N–H and O–H groups in total. The second-order valence-corrected chi connectivity index (χ2v) is 5.37. The van der Waals surface area contributed by atoms with Crippen molar-refractivity contribution < 1.29 is 9.53 Å². The molecule has 116 valence electrons. The quantitative estimate of drug-likeness (QED) is 0.861. The maximum atomic E-state index is 11.9. The van der Waals surface area contributed by atoms with E-state index in [0.29, 0.717) is 19.6 Å². The Morgan fingerprint density at radius 2 is 1.73 bits per heavy atom. The standard InChI is InChI=1S/C18H22N2O2/c1-13-9-14(2)11-17(10-13)22-8-7-18(21)20-16-5-3-15(12-19)4-6-16/h3-6,9-11H,7-8,12,19H2,1-2H3,(H,20,21). The summed E-state index contributed by atoms with van der Waals surface area (Å²) in [5.41, 5.74) is 9.65. The van der Waals surface area contributed by atoms with Gasteiger partial charge < -0.3 is 15.8 Å². The molecular weight excluding hydrogens is 276 g/mol. The summed E-state index contributed by atoms with van der Waals surface area (Å²) in [4.78, 5) is 11.9. The monoisotopic (exact) mass is 298 g/mol. The zero-order valence-corrected chi connectivity index (χ0v) is 13.1. The average Bonchev–Trinajstić information content (AvgIpc) is 2.47. The topological polar surface area (TPSA) is 64.3 Å². The first-order valence-corrected chi connectivity index (χ1v) is 7.37. The number of nitrogens with two attached hydrogens (primary N) is 1. The number of anilines is 1. The van der Waals surface area contributed by atoms with Crippen LogP contribution in [0.3, 0.4) is 0 Å². The molecular formula is C18H22N2O2. The molecule has 0 spiro atoms. The van der Waals surface area contributed by atoms with Crippen LogP contribution in [-0.2, 0) is 11.3 Å². The molecule has 2 aromatic carbocycles. The van der Waals surface area contributed by atoms with Crippen molar-refractivity contribution in [3.63, 3.8) is 0 Å². The Morgan fingerprint density at radius 1 is 1.09 bits per heavy atom. The van der Waals surface area contributed by atoms with Gasteiger partial charge in [0, 0.05) is 12.2 Å². The summed E-state index contributed by atoms with van der Waals surface area (Å²) in [5, 5.41) is 2.84. The molecule has 0 heterocycles. The molecule has 4 nitrogen and oxygen atoms in total. The minimum absolute atomic E-state index is 0.0649. The Bertz CT molecular complexity index is 616. The van der Waals surface area contributed by atoms with Gasteiger partial charge in [0.25, 0.3) is 0 Å². The third-order valence-electron chi connectivity index (χ3n) is 3.27. The summed E-state index contributed by atoms with van der Waals surface area (Å²) < 4.78 is 5.64. The van der Waals surface area contributed by atoms with Crippen molar-refractivity contribution in [1.82, 2.24) is 0 Å². The lowest BCUT2D eigenvalue weighted by Crippen LogP contribution is -2.15. The van der Waals surface area contributed by atoms with E-state index in [1.807, 2.05) is 50.2 Å². The van der Waals surface area contributed by atoms with Crippen LogP contribution in [-0.4, -0.2) is 12.5 Å². The zero-order valence-electron chi connectivity index (χ0n) is 13.1. The molecule has 0 aromatic heterocycles. The largest absolute Gasteiger partial charge is 0.493 e. The number of nitrogens with one attached hydrogen (secondary N) is 1. The highest BCUT2D eigenvalue weighted by atomic mass is 16.5. The van der Waals surface area contributed by atoms with E-state index >= 15 is 0 Å². The summed E-state index contributed by atoms with van der Waals surface area (Å²) in [5.74, 6) is 0.738. The Labute approximate surface area is 131 Å². The molecule has 0 fully saturated rings. The molecule has 2 rings (SSSR count). The van der Waals surface area contributed by atoms with Gasteiger partial charge in [0.05, 0.1) is 13.0 Å². The van der Waals surface area contributed by atoms with Crippen LogP contribution in [0.4, 0.5) is 5.69 Å². The number of amides is 1. The van der Waals surface area contributed by atoms with Gasteiger partial charge in [-0.1, -0.05) is 18.2 Å². The van der Waals surface area contributed by atoms with Crippen molar-refractivity contribution in [2.75, 3.05) is 11.9 Å². The first kappa shape index (κ1) is 16.0. The van der Waals surface area contributed by atoms with Gasteiger partial charge >= 0.3 is 0 Å². The van der Waals surface area contributed by atoms with E-state index in [9.17, 15) is 4.79 Å². The van der Waals surface area contributed by atoms with Crippen molar-refractivity contribution in [3.05, 3.63) is 59.2 Å². The molecule has 1 amide bonds. The van der Waals surface area contributed by atoms with E-state index in [1.54, 1.807) is 0 Å². The fourth-order valence-corrected chi connectivity index (χ4v) is 2.23. The Balaban J connectivity index is 1.79.